The Morgan fingerprint density at radius 2 is 1.74 bits per heavy atom. The second-order valence-electron chi connectivity index (χ2n) is 6.57. The lowest BCUT2D eigenvalue weighted by molar-refractivity contribution is 0.105. The fourth-order valence-corrected chi connectivity index (χ4v) is 2.97. The van der Waals surface area contributed by atoms with Gasteiger partial charge in [0.1, 0.15) is 0 Å². The lowest BCUT2D eigenvalue weighted by Gasteiger charge is -2.25. The predicted molar refractivity (Wildman–Crippen MR) is 78.2 cm³/mol. The Hall–Kier alpha value is -0.860. The van der Waals surface area contributed by atoms with Gasteiger partial charge in [-0.1, -0.05) is 29.3 Å². The summed E-state index contributed by atoms with van der Waals surface area (Å²) in [6.45, 7) is 6.22. The summed E-state index contributed by atoms with van der Waals surface area (Å²) in [5.41, 5.74) is 3.57. The number of nitrogens with zero attached hydrogens (tertiary/aromatic N) is 1. The van der Waals surface area contributed by atoms with Gasteiger partial charge in [0, 0.05) is 19.1 Å². The van der Waals surface area contributed by atoms with Crippen molar-refractivity contribution in [2.45, 2.75) is 51.7 Å². The van der Waals surface area contributed by atoms with Gasteiger partial charge in [-0.2, -0.15) is 0 Å². The van der Waals surface area contributed by atoms with E-state index in [1.54, 1.807) is 0 Å². The summed E-state index contributed by atoms with van der Waals surface area (Å²) in [6, 6.07) is 7.17. The third-order valence-electron chi connectivity index (χ3n) is 4.29. The molecule has 0 aliphatic heterocycles. The van der Waals surface area contributed by atoms with Gasteiger partial charge < -0.3 is 5.11 Å². The van der Waals surface area contributed by atoms with Crippen LogP contribution in [0.4, 0.5) is 0 Å². The van der Waals surface area contributed by atoms with Crippen molar-refractivity contribution >= 4 is 0 Å². The van der Waals surface area contributed by atoms with Crippen molar-refractivity contribution in [1.82, 2.24) is 4.90 Å². The lowest BCUT2D eigenvalue weighted by Crippen LogP contribution is -2.32. The van der Waals surface area contributed by atoms with Gasteiger partial charge in [-0.3, -0.25) is 4.90 Å². The summed E-state index contributed by atoms with van der Waals surface area (Å²) < 4.78 is 0. The minimum atomic E-state index is -0.335. The van der Waals surface area contributed by atoms with E-state index in [2.05, 4.69) is 36.9 Å². The third kappa shape index (κ3) is 3.58. The van der Waals surface area contributed by atoms with Crippen LogP contribution in [0.25, 0.3) is 0 Å². The van der Waals surface area contributed by atoms with E-state index in [9.17, 15) is 5.11 Å². The minimum Gasteiger partial charge on any atom is -0.387 e. The van der Waals surface area contributed by atoms with Gasteiger partial charge in [-0.25, -0.2) is 0 Å². The molecule has 2 fully saturated rings. The van der Waals surface area contributed by atoms with Gasteiger partial charge in [-0.15, -0.1) is 0 Å². The molecule has 0 saturated heterocycles. The number of hydrogen-bond donors (Lipinski definition) is 1. The summed E-state index contributed by atoms with van der Waals surface area (Å²) >= 11 is 0. The first-order valence-electron chi connectivity index (χ1n) is 7.62. The van der Waals surface area contributed by atoms with Crippen LogP contribution in [0.15, 0.2) is 18.2 Å². The summed E-state index contributed by atoms with van der Waals surface area (Å²) in [7, 11) is 0. The molecule has 0 amide bonds. The zero-order chi connectivity index (χ0) is 13.4. The molecule has 2 saturated carbocycles. The predicted octanol–water partition coefficient (Wildman–Crippen LogP) is 3.21. The molecule has 104 valence electrons. The van der Waals surface area contributed by atoms with Crippen molar-refractivity contribution in [2.24, 2.45) is 5.92 Å². The molecule has 1 unspecified atom stereocenters. The van der Waals surface area contributed by atoms with Crippen LogP contribution in [0, 0.1) is 19.8 Å². The Morgan fingerprint density at radius 1 is 1.11 bits per heavy atom. The first-order valence-corrected chi connectivity index (χ1v) is 7.62. The number of aryl methyl sites for hydroxylation is 2. The van der Waals surface area contributed by atoms with E-state index in [4.69, 9.17) is 0 Å². The van der Waals surface area contributed by atoms with Gasteiger partial charge in [0.2, 0.25) is 0 Å². The number of rotatable bonds is 6. The van der Waals surface area contributed by atoms with Crippen LogP contribution in [-0.2, 0) is 0 Å². The van der Waals surface area contributed by atoms with E-state index in [0.29, 0.717) is 0 Å². The standard InChI is InChI=1S/C17H25NO/c1-12-7-13(2)9-15(8-12)17(19)11-18(16-5-6-16)10-14-3-4-14/h7-9,14,16-17,19H,3-6,10-11H2,1-2H3. The molecule has 0 bridgehead atoms. The van der Waals surface area contributed by atoms with Crippen LogP contribution < -0.4 is 0 Å². The second kappa shape index (κ2) is 5.26. The highest BCUT2D eigenvalue weighted by molar-refractivity contribution is 5.30. The number of hydrogen-bond acceptors (Lipinski definition) is 2. The van der Waals surface area contributed by atoms with E-state index in [1.165, 1.54) is 43.4 Å². The summed E-state index contributed by atoms with van der Waals surface area (Å²) in [5.74, 6) is 0.909. The molecule has 2 aliphatic carbocycles. The van der Waals surface area contributed by atoms with Crippen molar-refractivity contribution in [3.63, 3.8) is 0 Å². The Kier molecular flexibility index (Phi) is 3.64. The topological polar surface area (TPSA) is 23.5 Å². The van der Waals surface area contributed by atoms with Crippen molar-refractivity contribution in [1.29, 1.82) is 0 Å². The molecule has 1 atom stereocenters. The number of benzene rings is 1. The average molecular weight is 259 g/mol. The smallest absolute Gasteiger partial charge is 0.0917 e. The molecular formula is C17H25NO. The maximum atomic E-state index is 10.5. The molecule has 1 N–H and O–H groups in total. The fourth-order valence-electron chi connectivity index (χ4n) is 2.97. The van der Waals surface area contributed by atoms with E-state index < -0.39 is 0 Å². The highest BCUT2D eigenvalue weighted by atomic mass is 16.3. The second-order valence-corrected chi connectivity index (χ2v) is 6.57. The van der Waals surface area contributed by atoms with Crippen molar-refractivity contribution < 1.29 is 5.11 Å². The van der Waals surface area contributed by atoms with Crippen LogP contribution >= 0.6 is 0 Å². The summed E-state index contributed by atoms with van der Waals surface area (Å²) in [5, 5.41) is 10.5. The van der Waals surface area contributed by atoms with E-state index in [-0.39, 0.29) is 6.10 Å². The summed E-state index contributed by atoms with van der Waals surface area (Å²) in [6.07, 6.45) is 5.10. The third-order valence-corrected chi connectivity index (χ3v) is 4.29. The van der Waals surface area contributed by atoms with Crippen molar-refractivity contribution in [3.05, 3.63) is 34.9 Å². The first-order chi connectivity index (χ1) is 9.11. The molecule has 2 aliphatic rings. The molecule has 19 heavy (non-hydrogen) atoms. The molecular weight excluding hydrogens is 234 g/mol. The quantitative estimate of drug-likeness (QED) is 0.848. The Labute approximate surface area is 116 Å². The lowest BCUT2D eigenvalue weighted by atomic mass is 10.0. The largest absolute Gasteiger partial charge is 0.387 e. The molecule has 0 aromatic heterocycles. The maximum Gasteiger partial charge on any atom is 0.0917 e. The molecule has 1 aromatic carbocycles. The highest BCUT2D eigenvalue weighted by Gasteiger charge is 2.34. The van der Waals surface area contributed by atoms with Crippen LogP contribution in [0.5, 0.6) is 0 Å². The van der Waals surface area contributed by atoms with Gasteiger partial charge in [0.15, 0.2) is 0 Å². The van der Waals surface area contributed by atoms with E-state index in [0.717, 1.165) is 24.1 Å². The van der Waals surface area contributed by atoms with Gasteiger partial charge >= 0.3 is 0 Å². The van der Waals surface area contributed by atoms with Crippen LogP contribution in [-0.4, -0.2) is 29.1 Å². The van der Waals surface area contributed by atoms with Gasteiger partial charge in [-0.05, 0) is 51.0 Å². The van der Waals surface area contributed by atoms with Gasteiger partial charge in [0.05, 0.1) is 6.10 Å². The van der Waals surface area contributed by atoms with E-state index in [1.807, 2.05) is 0 Å². The maximum absolute atomic E-state index is 10.5. The molecule has 0 spiro atoms. The first kappa shape index (κ1) is 13.1. The molecule has 2 nitrogen and oxygen atoms in total. The van der Waals surface area contributed by atoms with Crippen LogP contribution in [0.1, 0.15) is 48.5 Å². The van der Waals surface area contributed by atoms with Crippen molar-refractivity contribution in [3.8, 4) is 0 Å². The Balaban J connectivity index is 1.65. The molecule has 0 radical (unpaired) electrons. The van der Waals surface area contributed by atoms with Gasteiger partial charge in [0.25, 0.3) is 0 Å². The molecule has 2 heteroatoms. The molecule has 1 aromatic rings. The number of aliphatic hydroxyl groups excluding tert-OH is 1. The Bertz CT molecular complexity index is 428. The normalized spacial score (nSPS) is 20.8. The zero-order valence-corrected chi connectivity index (χ0v) is 12.1. The SMILES string of the molecule is Cc1cc(C)cc(C(O)CN(CC2CC2)C2CC2)c1. The average Bonchev–Trinajstić information content (AvgIpc) is 3.20. The van der Waals surface area contributed by atoms with Crippen molar-refractivity contribution in [2.75, 3.05) is 13.1 Å². The molecule has 3 rings (SSSR count). The highest BCUT2D eigenvalue weighted by Crippen LogP contribution is 2.35. The summed E-state index contributed by atoms with van der Waals surface area (Å²) in [4.78, 5) is 2.53. The minimum absolute atomic E-state index is 0.335. The van der Waals surface area contributed by atoms with Crippen LogP contribution in [0.3, 0.4) is 0 Å². The van der Waals surface area contributed by atoms with Crippen LogP contribution in [0.2, 0.25) is 0 Å². The molecule has 0 heterocycles. The monoisotopic (exact) mass is 259 g/mol. The number of aliphatic hydroxyl groups is 1. The zero-order valence-electron chi connectivity index (χ0n) is 12.1. The fraction of sp³-hybridized carbons (Fsp3) is 0.647. The van der Waals surface area contributed by atoms with E-state index >= 15 is 0 Å². The Morgan fingerprint density at radius 3 is 2.26 bits per heavy atom.